The second kappa shape index (κ2) is 9.45. The fourth-order valence-electron chi connectivity index (χ4n) is 2.06. The van der Waals surface area contributed by atoms with Crippen molar-refractivity contribution in [3.8, 4) is 0 Å². The van der Waals surface area contributed by atoms with Crippen LogP contribution in [0.4, 0.5) is 0 Å². The quantitative estimate of drug-likeness (QED) is 0.391. The number of carboxylic acid groups (broad SMARTS) is 6. The van der Waals surface area contributed by atoms with Gasteiger partial charge in [-0.1, -0.05) is 0 Å². The molecule has 0 spiro atoms. The van der Waals surface area contributed by atoms with Crippen LogP contribution in [0.2, 0.25) is 0 Å². The number of carbonyl (C=O) groups is 6. The van der Waals surface area contributed by atoms with Crippen molar-refractivity contribution in [3.63, 3.8) is 0 Å². The van der Waals surface area contributed by atoms with E-state index >= 15 is 0 Å². The summed E-state index contributed by atoms with van der Waals surface area (Å²) in [4.78, 5) is 63.8. The Balaban J connectivity index is 0.000000325. The summed E-state index contributed by atoms with van der Waals surface area (Å²) in [5.41, 5.74) is -2.98. The predicted molar refractivity (Wildman–Crippen MR) is 94.6 cm³/mol. The molecule has 156 valence electrons. The minimum atomic E-state index is -1.66. The first-order chi connectivity index (χ1) is 13.9. The topological polar surface area (TPSA) is 224 Å². The van der Waals surface area contributed by atoms with Crippen LogP contribution in [-0.4, -0.2) is 66.5 Å². The fraction of sp³-hybridized carbons (Fsp3) is 0. The molecule has 0 fully saturated rings. The van der Waals surface area contributed by atoms with E-state index in [1.54, 1.807) is 0 Å². The Bertz CT molecular complexity index is 918. The molecule has 0 aliphatic rings. The van der Waals surface area contributed by atoms with Gasteiger partial charge in [0, 0.05) is 0 Å². The normalized spacial score (nSPS) is 9.60. The van der Waals surface area contributed by atoms with Crippen LogP contribution in [0.15, 0.2) is 36.4 Å². The Morgan fingerprint density at radius 2 is 0.600 bits per heavy atom. The average Bonchev–Trinajstić information content (AvgIpc) is 2.67. The molecule has 0 saturated heterocycles. The molecule has 0 aliphatic carbocycles. The number of rotatable bonds is 6. The van der Waals surface area contributed by atoms with Crippen molar-refractivity contribution in [2.24, 2.45) is 0 Å². The van der Waals surface area contributed by atoms with E-state index in [1.807, 2.05) is 0 Å². The Morgan fingerprint density at radius 1 is 0.400 bits per heavy atom. The highest BCUT2D eigenvalue weighted by Crippen LogP contribution is 2.18. The molecule has 0 aromatic heterocycles. The van der Waals surface area contributed by atoms with Gasteiger partial charge < -0.3 is 30.6 Å². The highest BCUT2D eigenvalue weighted by Gasteiger charge is 2.24. The van der Waals surface area contributed by atoms with Gasteiger partial charge in [0.15, 0.2) is 0 Å². The molecule has 0 amide bonds. The molecule has 0 heterocycles. The van der Waals surface area contributed by atoms with Gasteiger partial charge >= 0.3 is 35.8 Å². The molecule has 30 heavy (non-hydrogen) atoms. The van der Waals surface area contributed by atoms with E-state index in [1.165, 1.54) is 24.3 Å². The van der Waals surface area contributed by atoms with Crippen molar-refractivity contribution in [2.45, 2.75) is 0 Å². The molecule has 0 radical (unpaired) electrons. The Labute approximate surface area is 165 Å². The third-order valence-corrected chi connectivity index (χ3v) is 3.46. The number of benzene rings is 2. The summed E-state index contributed by atoms with van der Waals surface area (Å²) in [6.45, 7) is 0. The third kappa shape index (κ3) is 5.63. The highest BCUT2D eigenvalue weighted by molar-refractivity contribution is 6.09. The van der Waals surface area contributed by atoms with Crippen LogP contribution in [-0.2, 0) is 0 Å². The van der Waals surface area contributed by atoms with Gasteiger partial charge in [0.05, 0.1) is 33.4 Å². The van der Waals surface area contributed by atoms with Crippen LogP contribution in [0.1, 0.15) is 62.1 Å². The van der Waals surface area contributed by atoms with Gasteiger partial charge in [-0.2, -0.15) is 0 Å². The van der Waals surface area contributed by atoms with Crippen LogP contribution < -0.4 is 0 Å². The molecule has 2 rings (SSSR count). The molecule has 6 N–H and O–H groups in total. The van der Waals surface area contributed by atoms with E-state index < -0.39 is 58.1 Å². The molecular formula is C18H12O12. The van der Waals surface area contributed by atoms with Crippen LogP contribution in [0, 0.1) is 0 Å². The molecule has 2 aromatic carbocycles. The van der Waals surface area contributed by atoms with Crippen molar-refractivity contribution < 1.29 is 59.4 Å². The first kappa shape index (κ1) is 23.3. The Morgan fingerprint density at radius 3 is 0.733 bits per heavy atom. The minimum absolute atomic E-state index is 0.0833. The van der Waals surface area contributed by atoms with Crippen LogP contribution in [0.25, 0.3) is 0 Å². The molecule has 12 heteroatoms. The second-order valence-electron chi connectivity index (χ2n) is 5.35. The fourth-order valence-corrected chi connectivity index (χ4v) is 2.06. The number of aromatic carboxylic acids is 6. The van der Waals surface area contributed by atoms with E-state index in [0.717, 1.165) is 0 Å². The molecule has 0 atom stereocenters. The van der Waals surface area contributed by atoms with Gasteiger partial charge in [0.2, 0.25) is 0 Å². The molecule has 0 saturated carbocycles. The van der Waals surface area contributed by atoms with Gasteiger partial charge in [0.1, 0.15) is 0 Å². The minimum Gasteiger partial charge on any atom is -0.478 e. The van der Waals surface area contributed by atoms with Crippen LogP contribution in [0.3, 0.4) is 0 Å². The summed E-state index contributed by atoms with van der Waals surface area (Å²) in [5.74, 6) is -8.77. The standard InChI is InChI=1S/C10H6O8.C8H6O4/c11-7(12)3-1-4(8(13)14)6(10(17)18)2-5(3)9(15)16;9-7(10)5-1-2-6(4-3-5)8(11)12/h1-2H,(H,11,12)(H,13,14)(H,15,16)(H,17,18);1-4H,(H,9,10)(H,11,12). The van der Waals surface area contributed by atoms with Crippen molar-refractivity contribution in [1.82, 2.24) is 0 Å². The van der Waals surface area contributed by atoms with Gasteiger partial charge in [0.25, 0.3) is 0 Å². The van der Waals surface area contributed by atoms with Crippen molar-refractivity contribution >= 4 is 35.8 Å². The lowest BCUT2D eigenvalue weighted by Crippen LogP contribution is -2.15. The van der Waals surface area contributed by atoms with Gasteiger partial charge in [-0.15, -0.1) is 0 Å². The summed E-state index contributed by atoms with van der Waals surface area (Å²) in [6.07, 6.45) is 0. The summed E-state index contributed by atoms with van der Waals surface area (Å²) in [6, 6.07) is 6.05. The molecule has 0 bridgehead atoms. The zero-order valence-corrected chi connectivity index (χ0v) is 14.6. The van der Waals surface area contributed by atoms with Crippen molar-refractivity contribution in [3.05, 3.63) is 69.8 Å². The van der Waals surface area contributed by atoms with Gasteiger partial charge in [-0.3, -0.25) is 0 Å². The molecule has 0 aliphatic heterocycles. The smallest absolute Gasteiger partial charge is 0.336 e. The third-order valence-electron chi connectivity index (χ3n) is 3.46. The monoisotopic (exact) mass is 420 g/mol. The van der Waals surface area contributed by atoms with E-state index in [9.17, 15) is 28.8 Å². The lowest BCUT2D eigenvalue weighted by atomic mass is 9.98. The zero-order valence-electron chi connectivity index (χ0n) is 14.6. The van der Waals surface area contributed by atoms with Crippen LogP contribution in [0.5, 0.6) is 0 Å². The van der Waals surface area contributed by atoms with Gasteiger partial charge in [-0.05, 0) is 36.4 Å². The number of carboxylic acids is 6. The summed E-state index contributed by atoms with van der Waals surface area (Å²) in [5, 5.41) is 51.9. The van der Waals surface area contributed by atoms with Crippen molar-refractivity contribution in [2.75, 3.05) is 0 Å². The Kier molecular flexibility index (Phi) is 7.34. The lowest BCUT2D eigenvalue weighted by molar-refractivity contribution is 0.0637. The summed E-state index contributed by atoms with van der Waals surface area (Å²) >= 11 is 0. The summed E-state index contributed by atoms with van der Waals surface area (Å²) in [7, 11) is 0. The molecule has 2 aromatic rings. The maximum Gasteiger partial charge on any atom is 0.336 e. The van der Waals surface area contributed by atoms with E-state index in [4.69, 9.17) is 30.6 Å². The highest BCUT2D eigenvalue weighted by atomic mass is 16.4. The van der Waals surface area contributed by atoms with E-state index in [0.29, 0.717) is 12.1 Å². The van der Waals surface area contributed by atoms with E-state index in [-0.39, 0.29) is 11.1 Å². The maximum absolute atomic E-state index is 10.8. The van der Waals surface area contributed by atoms with Crippen molar-refractivity contribution in [1.29, 1.82) is 0 Å². The first-order valence-electron chi connectivity index (χ1n) is 7.54. The number of hydrogen-bond acceptors (Lipinski definition) is 6. The second-order valence-corrected chi connectivity index (χ2v) is 5.35. The number of hydrogen-bond donors (Lipinski definition) is 6. The maximum atomic E-state index is 10.8. The predicted octanol–water partition coefficient (Wildman–Crippen LogP) is 1.56. The molecule has 12 nitrogen and oxygen atoms in total. The van der Waals surface area contributed by atoms with Gasteiger partial charge in [-0.25, -0.2) is 28.8 Å². The zero-order chi connectivity index (χ0) is 23.2. The lowest BCUT2D eigenvalue weighted by Gasteiger charge is -2.06. The Hall–Kier alpha value is -4.74. The molecule has 0 unspecified atom stereocenters. The SMILES string of the molecule is O=C(O)c1cc(C(=O)O)c(C(=O)O)cc1C(=O)O.O=C(O)c1ccc(C(=O)O)cc1. The average molecular weight is 420 g/mol. The summed E-state index contributed by atoms with van der Waals surface area (Å²) < 4.78 is 0. The first-order valence-corrected chi connectivity index (χ1v) is 7.54. The van der Waals surface area contributed by atoms with E-state index in [2.05, 4.69) is 0 Å². The molecular weight excluding hydrogens is 408 g/mol. The van der Waals surface area contributed by atoms with Crippen LogP contribution >= 0.6 is 0 Å². The largest absolute Gasteiger partial charge is 0.478 e.